The second-order valence-corrected chi connectivity index (χ2v) is 7.30. The molecule has 1 aliphatic heterocycles. The van der Waals surface area contributed by atoms with E-state index in [1.807, 2.05) is 0 Å². The van der Waals surface area contributed by atoms with Crippen LogP contribution >= 0.6 is 0 Å². The molecule has 19 heavy (non-hydrogen) atoms. The van der Waals surface area contributed by atoms with E-state index in [4.69, 9.17) is 5.11 Å². The van der Waals surface area contributed by atoms with Crippen LogP contribution in [-0.4, -0.2) is 62.1 Å². The number of carbonyl (C=O) groups is 2. The van der Waals surface area contributed by atoms with Crippen molar-refractivity contribution in [2.24, 2.45) is 11.8 Å². The molecule has 0 radical (unpaired) electrons. The highest BCUT2D eigenvalue weighted by atomic mass is 32.2. The van der Waals surface area contributed by atoms with Gasteiger partial charge < -0.3 is 15.3 Å². The molecular formula is C11H20N2O5S. The van der Waals surface area contributed by atoms with Crippen molar-refractivity contribution in [3.8, 4) is 0 Å². The van der Waals surface area contributed by atoms with E-state index in [-0.39, 0.29) is 30.0 Å². The summed E-state index contributed by atoms with van der Waals surface area (Å²) in [6, 6.07) is -0.377. The molecule has 0 aromatic rings. The van der Waals surface area contributed by atoms with Gasteiger partial charge in [0.15, 0.2) is 9.84 Å². The molecule has 0 bridgehead atoms. The predicted octanol–water partition coefficient (Wildman–Crippen LogP) is -0.217. The lowest BCUT2D eigenvalue weighted by atomic mass is 10.1. The van der Waals surface area contributed by atoms with Gasteiger partial charge in [-0.1, -0.05) is 6.92 Å². The van der Waals surface area contributed by atoms with Crippen LogP contribution in [0, 0.1) is 11.8 Å². The number of aliphatic carboxylic acids is 1. The van der Waals surface area contributed by atoms with Gasteiger partial charge in [-0.2, -0.15) is 0 Å². The topological polar surface area (TPSA) is 104 Å². The second kappa shape index (κ2) is 6.23. The summed E-state index contributed by atoms with van der Waals surface area (Å²) in [4.78, 5) is 23.7. The number of nitrogens with one attached hydrogen (secondary N) is 1. The summed E-state index contributed by atoms with van der Waals surface area (Å²) >= 11 is 0. The molecule has 1 heterocycles. The molecular weight excluding hydrogens is 272 g/mol. The maximum absolute atomic E-state index is 11.7. The van der Waals surface area contributed by atoms with Gasteiger partial charge in [-0.15, -0.1) is 0 Å². The number of hydrogen-bond donors (Lipinski definition) is 2. The van der Waals surface area contributed by atoms with Crippen LogP contribution in [0.4, 0.5) is 4.79 Å². The highest BCUT2D eigenvalue weighted by molar-refractivity contribution is 7.91. The molecule has 7 nitrogen and oxygen atoms in total. The Bertz CT molecular complexity index is 448. The number of hydrogen-bond acceptors (Lipinski definition) is 4. The zero-order valence-corrected chi connectivity index (χ0v) is 11.9. The fraction of sp³-hybridized carbons (Fsp3) is 0.818. The first-order valence-corrected chi connectivity index (χ1v) is 7.95. The number of urea groups is 1. The molecule has 2 unspecified atom stereocenters. The molecule has 1 aliphatic rings. The average Bonchev–Trinajstić information content (AvgIpc) is 2.65. The number of sulfone groups is 1. The predicted molar refractivity (Wildman–Crippen MR) is 69.6 cm³/mol. The van der Waals surface area contributed by atoms with Crippen molar-refractivity contribution in [3.63, 3.8) is 0 Å². The Hall–Kier alpha value is -1.31. The van der Waals surface area contributed by atoms with Crippen molar-refractivity contribution in [2.75, 3.05) is 31.6 Å². The van der Waals surface area contributed by atoms with Gasteiger partial charge in [-0.25, -0.2) is 13.2 Å². The first kappa shape index (κ1) is 15.7. The number of rotatable bonds is 5. The lowest BCUT2D eigenvalue weighted by Gasteiger charge is -2.21. The minimum absolute atomic E-state index is 0.0424. The number of carbonyl (C=O) groups excluding carboxylic acids is 1. The minimum atomic E-state index is -2.94. The van der Waals surface area contributed by atoms with Crippen molar-refractivity contribution < 1.29 is 23.1 Å². The van der Waals surface area contributed by atoms with Crippen LogP contribution in [0.25, 0.3) is 0 Å². The summed E-state index contributed by atoms with van der Waals surface area (Å²) in [5, 5.41) is 11.4. The quantitative estimate of drug-likeness (QED) is 0.729. The highest BCUT2D eigenvalue weighted by Crippen LogP contribution is 2.17. The van der Waals surface area contributed by atoms with Crippen LogP contribution in [0.15, 0.2) is 0 Å². The molecule has 0 spiro atoms. The van der Waals surface area contributed by atoms with E-state index < -0.39 is 21.7 Å². The number of nitrogens with zero attached hydrogens (tertiary/aromatic N) is 1. The van der Waals surface area contributed by atoms with Crippen LogP contribution in [0.5, 0.6) is 0 Å². The smallest absolute Gasteiger partial charge is 0.317 e. The van der Waals surface area contributed by atoms with Gasteiger partial charge in [-0.3, -0.25) is 4.79 Å². The average molecular weight is 292 g/mol. The molecule has 0 aromatic heterocycles. The maximum atomic E-state index is 11.7. The highest BCUT2D eigenvalue weighted by Gasteiger charge is 2.28. The van der Waals surface area contributed by atoms with Crippen molar-refractivity contribution in [1.29, 1.82) is 0 Å². The zero-order valence-electron chi connectivity index (χ0n) is 11.1. The summed E-state index contributed by atoms with van der Waals surface area (Å²) in [7, 11) is -1.42. The second-order valence-electron chi connectivity index (χ2n) is 5.07. The Morgan fingerprint density at radius 1 is 1.47 bits per heavy atom. The monoisotopic (exact) mass is 292 g/mol. The zero-order chi connectivity index (χ0) is 14.6. The van der Waals surface area contributed by atoms with Crippen LogP contribution in [0.1, 0.15) is 13.3 Å². The fourth-order valence-corrected chi connectivity index (χ4v) is 3.83. The Labute approximate surface area is 112 Å². The normalized spacial score (nSPS) is 22.7. The van der Waals surface area contributed by atoms with Gasteiger partial charge in [0.05, 0.1) is 17.4 Å². The Morgan fingerprint density at radius 3 is 2.58 bits per heavy atom. The summed E-state index contributed by atoms with van der Waals surface area (Å²) < 4.78 is 22.5. The SMILES string of the molecule is CC(CN(C)C(=O)NCC1CCS(=O)(=O)C1)C(=O)O. The molecule has 0 aliphatic carbocycles. The molecule has 0 aromatic carbocycles. The van der Waals surface area contributed by atoms with Crippen LogP contribution < -0.4 is 5.32 Å². The third-order valence-corrected chi connectivity index (χ3v) is 5.02. The van der Waals surface area contributed by atoms with E-state index in [2.05, 4.69) is 5.32 Å². The minimum Gasteiger partial charge on any atom is -0.481 e. The molecule has 110 valence electrons. The van der Waals surface area contributed by atoms with E-state index in [1.165, 1.54) is 18.9 Å². The van der Waals surface area contributed by atoms with Crippen molar-refractivity contribution in [1.82, 2.24) is 10.2 Å². The first-order chi connectivity index (χ1) is 8.71. The molecule has 1 fully saturated rings. The summed E-state index contributed by atoms with van der Waals surface area (Å²) in [6.07, 6.45) is 0.567. The van der Waals surface area contributed by atoms with Crippen molar-refractivity contribution in [2.45, 2.75) is 13.3 Å². The summed E-state index contributed by atoms with van der Waals surface area (Å²) in [6.45, 7) is 1.95. The van der Waals surface area contributed by atoms with Gasteiger partial charge in [0, 0.05) is 20.1 Å². The molecule has 0 saturated carbocycles. The number of amides is 2. The molecule has 1 rings (SSSR count). The first-order valence-electron chi connectivity index (χ1n) is 6.13. The number of carboxylic acid groups (broad SMARTS) is 1. The third-order valence-electron chi connectivity index (χ3n) is 3.18. The van der Waals surface area contributed by atoms with Crippen LogP contribution in [-0.2, 0) is 14.6 Å². The van der Waals surface area contributed by atoms with Crippen molar-refractivity contribution >= 4 is 21.8 Å². The van der Waals surface area contributed by atoms with Gasteiger partial charge in [0.25, 0.3) is 0 Å². The summed E-state index contributed by atoms with van der Waals surface area (Å²) in [5.74, 6) is -1.34. The lowest BCUT2D eigenvalue weighted by Crippen LogP contribution is -2.42. The molecule has 2 amide bonds. The van der Waals surface area contributed by atoms with Gasteiger partial charge >= 0.3 is 12.0 Å². The Kier molecular flexibility index (Phi) is 5.16. The maximum Gasteiger partial charge on any atom is 0.317 e. The molecule has 1 saturated heterocycles. The van der Waals surface area contributed by atoms with Crippen LogP contribution in [0.2, 0.25) is 0 Å². The fourth-order valence-electron chi connectivity index (χ4n) is 1.97. The molecule has 8 heteroatoms. The standard InChI is InChI=1S/C11H20N2O5S/c1-8(10(14)15)6-13(2)11(16)12-5-9-3-4-19(17,18)7-9/h8-9H,3-7H2,1-2H3,(H,12,16)(H,14,15). The van der Waals surface area contributed by atoms with Crippen molar-refractivity contribution in [3.05, 3.63) is 0 Å². The van der Waals surface area contributed by atoms with Crippen LogP contribution in [0.3, 0.4) is 0 Å². The van der Waals surface area contributed by atoms with Gasteiger partial charge in [0.1, 0.15) is 0 Å². The van der Waals surface area contributed by atoms with E-state index >= 15 is 0 Å². The van der Waals surface area contributed by atoms with E-state index in [0.717, 1.165) is 0 Å². The Morgan fingerprint density at radius 2 is 2.11 bits per heavy atom. The van der Waals surface area contributed by atoms with E-state index in [0.29, 0.717) is 13.0 Å². The number of carboxylic acids is 1. The van der Waals surface area contributed by atoms with E-state index in [1.54, 1.807) is 0 Å². The molecule has 2 atom stereocenters. The van der Waals surface area contributed by atoms with Gasteiger partial charge in [-0.05, 0) is 12.3 Å². The third kappa shape index (κ3) is 5.06. The molecule has 2 N–H and O–H groups in total. The summed E-state index contributed by atoms with van der Waals surface area (Å²) in [5.41, 5.74) is 0. The largest absolute Gasteiger partial charge is 0.481 e. The van der Waals surface area contributed by atoms with Gasteiger partial charge in [0.2, 0.25) is 0 Å². The lowest BCUT2D eigenvalue weighted by molar-refractivity contribution is -0.141. The Balaban J connectivity index is 2.33. The van der Waals surface area contributed by atoms with E-state index in [9.17, 15) is 18.0 Å².